The number of aryl methyl sites for hydroxylation is 1. The number of carboxylic acids is 1. The van der Waals surface area contributed by atoms with Crippen LogP contribution in [0, 0.1) is 0 Å². The zero-order valence-corrected chi connectivity index (χ0v) is 10.5. The Morgan fingerprint density at radius 1 is 1.58 bits per heavy atom. The lowest BCUT2D eigenvalue weighted by molar-refractivity contribution is -0.141. The monoisotopic (exact) mass is 268 g/mol. The SMILES string of the molecule is CCn1cc(NC(=O)N2CC(O)C[C@H]2C(=O)O)cn1. The maximum Gasteiger partial charge on any atom is 0.326 e. The van der Waals surface area contributed by atoms with Crippen molar-refractivity contribution in [1.82, 2.24) is 14.7 Å². The van der Waals surface area contributed by atoms with Crippen LogP contribution in [0.1, 0.15) is 13.3 Å². The molecular weight excluding hydrogens is 252 g/mol. The molecule has 0 aliphatic carbocycles. The van der Waals surface area contributed by atoms with Crippen LogP contribution in [0.2, 0.25) is 0 Å². The quantitative estimate of drug-likeness (QED) is 0.712. The fraction of sp³-hybridized carbons (Fsp3) is 0.545. The van der Waals surface area contributed by atoms with Gasteiger partial charge >= 0.3 is 12.0 Å². The highest BCUT2D eigenvalue weighted by Gasteiger charge is 2.39. The zero-order valence-electron chi connectivity index (χ0n) is 10.5. The van der Waals surface area contributed by atoms with Crippen molar-refractivity contribution in [3.63, 3.8) is 0 Å². The van der Waals surface area contributed by atoms with Crippen LogP contribution < -0.4 is 5.32 Å². The van der Waals surface area contributed by atoms with Crippen LogP contribution in [0.4, 0.5) is 10.5 Å². The molecule has 1 aromatic rings. The van der Waals surface area contributed by atoms with E-state index in [1.54, 1.807) is 10.9 Å². The van der Waals surface area contributed by atoms with Gasteiger partial charge < -0.3 is 20.4 Å². The van der Waals surface area contributed by atoms with Gasteiger partial charge in [0, 0.05) is 25.7 Å². The van der Waals surface area contributed by atoms with E-state index < -0.39 is 24.1 Å². The Labute approximate surface area is 109 Å². The molecule has 0 spiro atoms. The highest BCUT2D eigenvalue weighted by Crippen LogP contribution is 2.19. The van der Waals surface area contributed by atoms with Crippen LogP contribution in [0.3, 0.4) is 0 Å². The summed E-state index contributed by atoms with van der Waals surface area (Å²) in [6.07, 6.45) is 2.39. The van der Waals surface area contributed by atoms with E-state index in [4.69, 9.17) is 5.11 Å². The van der Waals surface area contributed by atoms with Crippen LogP contribution in [0.25, 0.3) is 0 Å². The number of aliphatic hydroxyl groups excluding tert-OH is 1. The number of nitrogens with one attached hydrogen (secondary N) is 1. The van der Waals surface area contributed by atoms with Crippen molar-refractivity contribution in [1.29, 1.82) is 0 Å². The van der Waals surface area contributed by atoms with Gasteiger partial charge in [0.25, 0.3) is 0 Å². The van der Waals surface area contributed by atoms with Gasteiger partial charge in [0.2, 0.25) is 0 Å². The Morgan fingerprint density at radius 3 is 2.89 bits per heavy atom. The molecule has 0 aromatic carbocycles. The Balaban J connectivity index is 2.04. The average molecular weight is 268 g/mol. The first-order valence-corrected chi connectivity index (χ1v) is 6.02. The van der Waals surface area contributed by atoms with E-state index >= 15 is 0 Å². The molecule has 1 unspecified atom stereocenters. The minimum Gasteiger partial charge on any atom is -0.480 e. The van der Waals surface area contributed by atoms with Gasteiger partial charge in [-0.25, -0.2) is 9.59 Å². The van der Waals surface area contributed by atoms with E-state index in [0.717, 1.165) is 4.90 Å². The number of carbonyl (C=O) groups excluding carboxylic acids is 1. The van der Waals surface area contributed by atoms with Gasteiger partial charge in [-0.2, -0.15) is 5.10 Å². The summed E-state index contributed by atoms with van der Waals surface area (Å²) in [6, 6.07) is -1.53. The third-order valence-corrected chi connectivity index (χ3v) is 3.03. The normalized spacial score (nSPS) is 22.5. The molecule has 8 heteroatoms. The fourth-order valence-electron chi connectivity index (χ4n) is 2.07. The van der Waals surface area contributed by atoms with Crippen LogP contribution in [-0.2, 0) is 11.3 Å². The third-order valence-electron chi connectivity index (χ3n) is 3.03. The number of likely N-dealkylation sites (tertiary alicyclic amines) is 1. The van der Waals surface area contributed by atoms with Gasteiger partial charge in [-0.05, 0) is 6.92 Å². The van der Waals surface area contributed by atoms with Gasteiger partial charge in [0.05, 0.1) is 18.0 Å². The van der Waals surface area contributed by atoms with Crippen molar-refractivity contribution in [3.8, 4) is 0 Å². The molecule has 1 saturated heterocycles. The lowest BCUT2D eigenvalue weighted by Gasteiger charge is -2.20. The first-order valence-electron chi connectivity index (χ1n) is 6.02. The van der Waals surface area contributed by atoms with Crippen molar-refractivity contribution in [2.24, 2.45) is 0 Å². The predicted molar refractivity (Wildman–Crippen MR) is 65.7 cm³/mol. The van der Waals surface area contributed by atoms with E-state index in [1.807, 2.05) is 6.92 Å². The molecular formula is C11H16N4O4. The number of carboxylic acid groups (broad SMARTS) is 1. The second-order valence-electron chi connectivity index (χ2n) is 4.41. The Bertz CT molecular complexity index is 487. The van der Waals surface area contributed by atoms with E-state index in [9.17, 15) is 14.7 Å². The van der Waals surface area contributed by atoms with Crippen molar-refractivity contribution < 1.29 is 19.8 Å². The zero-order chi connectivity index (χ0) is 14.0. The molecule has 8 nitrogen and oxygen atoms in total. The molecule has 3 N–H and O–H groups in total. The number of carbonyl (C=O) groups is 2. The number of urea groups is 1. The van der Waals surface area contributed by atoms with E-state index in [2.05, 4.69) is 10.4 Å². The summed E-state index contributed by atoms with van der Waals surface area (Å²) in [5.41, 5.74) is 0.498. The highest BCUT2D eigenvalue weighted by molar-refractivity contribution is 5.92. The number of hydrogen-bond acceptors (Lipinski definition) is 4. The summed E-state index contributed by atoms with van der Waals surface area (Å²) in [7, 11) is 0. The third kappa shape index (κ3) is 2.84. The number of nitrogens with zero attached hydrogens (tertiary/aromatic N) is 3. The maximum absolute atomic E-state index is 12.0. The van der Waals surface area contributed by atoms with E-state index in [0.29, 0.717) is 12.2 Å². The summed E-state index contributed by atoms with van der Waals surface area (Å²) >= 11 is 0. The van der Waals surface area contributed by atoms with Crippen LogP contribution in [0.15, 0.2) is 12.4 Å². The van der Waals surface area contributed by atoms with Gasteiger partial charge in [0.1, 0.15) is 6.04 Å². The fourth-order valence-corrected chi connectivity index (χ4v) is 2.07. The summed E-state index contributed by atoms with van der Waals surface area (Å²) in [5.74, 6) is -1.11. The van der Waals surface area contributed by atoms with Crippen molar-refractivity contribution in [2.75, 3.05) is 11.9 Å². The van der Waals surface area contributed by atoms with Crippen molar-refractivity contribution in [2.45, 2.75) is 32.0 Å². The molecule has 0 bridgehead atoms. The lowest BCUT2D eigenvalue weighted by Crippen LogP contribution is -2.43. The molecule has 2 rings (SSSR count). The minimum atomic E-state index is -1.11. The summed E-state index contributed by atoms with van der Waals surface area (Å²) in [5, 5.41) is 25.1. The molecule has 1 aromatic heterocycles. The second kappa shape index (κ2) is 5.27. The standard InChI is InChI=1S/C11H16N4O4/c1-2-14-5-7(4-12-14)13-11(19)15-6-8(16)3-9(15)10(17)18/h4-5,8-9,16H,2-3,6H2,1H3,(H,13,19)(H,17,18)/t8?,9-/m0/s1. The lowest BCUT2D eigenvalue weighted by atomic mass is 10.2. The molecule has 2 amide bonds. The molecule has 0 saturated carbocycles. The number of amides is 2. The number of anilines is 1. The number of aliphatic carboxylic acids is 1. The molecule has 104 valence electrons. The van der Waals surface area contributed by atoms with Crippen LogP contribution >= 0.6 is 0 Å². The number of hydrogen-bond donors (Lipinski definition) is 3. The minimum absolute atomic E-state index is 0.0186. The summed E-state index contributed by atoms with van der Waals surface area (Å²) in [6.45, 7) is 2.61. The van der Waals surface area contributed by atoms with Gasteiger partial charge in [-0.15, -0.1) is 0 Å². The average Bonchev–Trinajstić information content (AvgIpc) is 2.95. The van der Waals surface area contributed by atoms with E-state index in [1.165, 1.54) is 6.20 Å². The van der Waals surface area contributed by atoms with Gasteiger partial charge in [0.15, 0.2) is 0 Å². The Kier molecular flexibility index (Phi) is 3.70. The number of β-amino-alcohol motifs (C(OH)–C–C–N with tert-alkyl or cyclic N) is 1. The number of aromatic nitrogens is 2. The molecule has 0 radical (unpaired) electrons. The van der Waals surface area contributed by atoms with E-state index in [-0.39, 0.29) is 13.0 Å². The number of rotatable bonds is 3. The molecule has 2 atom stereocenters. The summed E-state index contributed by atoms with van der Waals surface area (Å²) < 4.78 is 1.64. The first-order chi connectivity index (χ1) is 9.01. The predicted octanol–water partition coefficient (Wildman–Crippen LogP) is -0.0453. The largest absolute Gasteiger partial charge is 0.480 e. The van der Waals surface area contributed by atoms with Crippen molar-refractivity contribution >= 4 is 17.7 Å². The smallest absolute Gasteiger partial charge is 0.326 e. The molecule has 2 heterocycles. The van der Waals surface area contributed by atoms with Crippen LogP contribution in [0.5, 0.6) is 0 Å². The maximum atomic E-state index is 12.0. The Morgan fingerprint density at radius 2 is 2.32 bits per heavy atom. The first kappa shape index (κ1) is 13.3. The summed E-state index contributed by atoms with van der Waals surface area (Å²) in [4.78, 5) is 24.1. The van der Waals surface area contributed by atoms with Crippen LogP contribution in [-0.4, -0.2) is 55.6 Å². The second-order valence-corrected chi connectivity index (χ2v) is 4.41. The number of aliphatic hydroxyl groups is 1. The van der Waals surface area contributed by atoms with Crippen molar-refractivity contribution in [3.05, 3.63) is 12.4 Å². The highest BCUT2D eigenvalue weighted by atomic mass is 16.4. The molecule has 1 aliphatic rings. The topological polar surface area (TPSA) is 108 Å². The molecule has 19 heavy (non-hydrogen) atoms. The van der Waals surface area contributed by atoms with Gasteiger partial charge in [-0.3, -0.25) is 4.68 Å². The molecule has 1 fully saturated rings. The molecule has 1 aliphatic heterocycles. The Hall–Kier alpha value is -2.09. The van der Waals surface area contributed by atoms with Gasteiger partial charge in [-0.1, -0.05) is 0 Å².